The standard InChI is InChI=1S/C9H13N.C2H6/c1-3-5-9-7-10-6-8(9)4-2;1-2/h3-5,10H,1,6-7H2,2H3;1-2H3/b8-4-,9-5-;. The van der Waals surface area contributed by atoms with Crippen LogP contribution in [-0.2, 0) is 0 Å². The first-order chi connectivity index (χ1) is 5.88. The third-order valence-electron chi connectivity index (χ3n) is 1.71. The van der Waals surface area contributed by atoms with E-state index in [1.807, 2.05) is 19.9 Å². The lowest BCUT2D eigenvalue weighted by atomic mass is 10.1. The topological polar surface area (TPSA) is 12.0 Å². The van der Waals surface area contributed by atoms with Crippen LogP contribution in [0.5, 0.6) is 0 Å². The van der Waals surface area contributed by atoms with Crippen LogP contribution in [0.25, 0.3) is 0 Å². The number of hydrogen-bond donors (Lipinski definition) is 1. The molecule has 12 heavy (non-hydrogen) atoms. The molecule has 0 spiro atoms. The average molecular weight is 165 g/mol. The van der Waals surface area contributed by atoms with Crippen molar-refractivity contribution in [1.82, 2.24) is 5.32 Å². The van der Waals surface area contributed by atoms with E-state index in [1.165, 1.54) is 11.1 Å². The zero-order chi connectivity index (χ0) is 9.40. The molecule has 1 fully saturated rings. The molecular formula is C11H19N. The maximum atomic E-state index is 3.66. The summed E-state index contributed by atoms with van der Waals surface area (Å²) in [5.41, 5.74) is 2.78. The smallest absolute Gasteiger partial charge is 0.0211 e. The number of nitrogens with one attached hydrogen (secondary N) is 1. The van der Waals surface area contributed by atoms with Gasteiger partial charge in [0.05, 0.1) is 0 Å². The molecule has 1 saturated heterocycles. The summed E-state index contributed by atoms with van der Waals surface area (Å²) in [6, 6.07) is 0. The zero-order valence-electron chi connectivity index (χ0n) is 8.35. The second-order valence-corrected chi connectivity index (χ2v) is 2.35. The Morgan fingerprint density at radius 2 is 1.83 bits per heavy atom. The third-order valence-corrected chi connectivity index (χ3v) is 1.71. The van der Waals surface area contributed by atoms with E-state index < -0.39 is 0 Å². The molecular weight excluding hydrogens is 146 g/mol. The lowest BCUT2D eigenvalue weighted by Crippen LogP contribution is -2.04. The van der Waals surface area contributed by atoms with Gasteiger partial charge in [0.15, 0.2) is 0 Å². The molecule has 0 bridgehead atoms. The van der Waals surface area contributed by atoms with Crippen LogP contribution >= 0.6 is 0 Å². The summed E-state index contributed by atoms with van der Waals surface area (Å²) >= 11 is 0. The van der Waals surface area contributed by atoms with Gasteiger partial charge in [0.25, 0.3) is 0 Å². The minimum absolute atomic E-state index is 0.992. The fourth-order valence-electron chi connectivity index (χ4n) is 1.15. The van der Waals surface area contributed by atoms with E-state index in [1.54, 1.807) is 0 Å². The second-order valence-electron chi connectivity index (χ2n) is 2.35. The van der Waals surface area contributed by atoms with Gasteiger partial charge < -0.3 is 5.32 Å². The number of rotatable bonds is 1. The largest absolute Gasteiger partial charge is 0.309 e. The number of allylic oxidation sites excluding steroid dienone is 3. The molecule has 1 nitrogen and oxygen atoms in total. The molecule has 1 aliphatic heterocycles. The van der Waals surface area contributed by atoms with Gasteiger partial charge in [-0.1, -0.05) is 38.7 Å². The second kappa shape index (κ2) is 6.86. The molecule has 1 rings (SSSR count). The average Bonchev–Trinajstić information content (AvgIpc) is 2.56. The summed E-state index contributed by atoms with van der Waals surface area (Å²) in [6.45, 7) is 11.7. The predicted octanol–water partition coefficient (Wildman–Crippen LogP) is 2.67. The highest BCUT2D eigenvalue weighted by Crippen LogP contribution is 2.13. The first-order valence-corrected chi connectivity index (χ1v) is 4.56. The maximum Gasteiger partial charge on any atom is 0.0211 e. The lowest BCUT2D eigenvalue weighted by Gasteiger charge is -1.93. The van der Waals surface area contributed by atoms with Crippen molar-refractivity contribution in [2.75, 3.05) is 13.1 Å². The monoisotopic (exact) mass is 165 g/mol. The first kappa shape index (κ1) is 11.2. The third kappa shape index (κ3) is 3.05. The molecule has 1 heterocycles. The van der Waals surface area contributed by atoms with Crippen LogP contribution in [0.1, 0.15) is 20.8 Å². The molecule has 1 N–H and O–H groups in total. The fraction of sp³-hybridized carbons (Fsp3) is 0.455. The normalized spacial score (nSPS) is 22.2. The molecule has 0 atom stereocenters. The van der Waals surface area contributed by atoms with Gasteiger partial charge in [0.2, 0.25) is 0 Å². The Morgan fingerprint density at radius 1 is 1.25 bits per heavy atom. The molecule has 1 heteroatoms. The highest BCUT2D eigenvalue weighted by atomic mass is 14.9. The molecule has 0 unspecified atom stereocenters. The number of hydrogen-bond acceptors (Lipinski definition) is 1. The van der Waals surface area contributed by atoms with Crippen molar-refractivity contribution >= 4 is 0 Å². The fourth-order valence-corrected chi connectivity index (χ4v) is 1.15. The highest BCUT2D eigenvalue weighted by Gasteiger charge is 2.09. The molecule has 0 saturated carbocycles. The van der Waals surface area contributed by atoms with E-state index in [9.17, 15) is 0 Å². The quantitative estimate of drug-likeness (QED) is 0.630. The molecule has 0 aromatic heterocycles. The Hall–Kier alpha value is -0.820. The highest BCUT2D eigenvalue weighted by molar-refractivity contribution is 5.38. The summed E-state index contributed by atoms with van der Waals surface area (Å²) in [4.78, 5) is 0. The first-order valence-electron chi connectivity index (χ1n) is 4.56. The van der Waals surface area contributed by atoms with Gasteiger partial charge in [0, 0.05) is 13.1 Å². The van der Waals surface area contributed by atoms with Crippen molar-refractivity contribution in [3.63, 3.8) is 0 Å². The van der Waals surface area contributed by atoms with E-state index in [-0.39, 0.29) is 0 Å². The van der Waals surface area contributed by atoms with Gasteiger partial charge in [-0.05, 0) is 18.1 Å². The van der Waals surface area contributed by atoms with Crippen LogP contribution in [-0.4, -0.2) is 13.1 Å². The van der Waals surface area contributed by atoms with Crippen molar-refractivity contribution in [2.24, 2.45) is 0 Å². The minimum Gasteiger partial charge on any atom is -0.309 e. The maximum absolute atomic E-state index is 3.66. The molecule has 0 aromatic rings. The van der Waals surface area contributed by atoms with Gasteiger partial charge in [0.1, 0.15) is 0 Å². The summed E-state index contributed by atoms with van der Waals surface area (Å²) in [5.74, 6) is 0. The van der Waals surface area contributed by atoms with Crippen molar-refractivity contribution < 1.29 is 0 Å². The Morgan fingerprint density at radius 3 is 2.33 bits per heavy atom. The molecule has 1 aliphatic rings. The molecule has 0 radical (unpaired) electrons. The van der Waals surface area contributed by atoms with Crippen molar-refractivity contribution in [3.8, 4) is 0 Å². The van der Waals surface area contributed by atoms with E-state index in [0.717, 1.165) is 13.1 Å². The molecule has 68 valence electrons. The van der Waals surface area contributed by atoms with Crippen LogP contribution < -0.4 is 5.32 Å². The van der Waals surface area contributed by atoms with Crippen molar-refractivity contribution in [3.05, 3.63) is 36.0 Å². The van der Waals surface area contributed by atoms with Gasteiger partial charge in [-0.3, -0.25) is 0 Å². The SMILES string of the molecule is C=C/C=C1/CNC/C1=C/C.CC. The predicted molar refractivity (Wildman–Crippen MR) is 56.3 cm³/mol. The van der Waals surface area contributed by atoms with E-state index in [2.05, 4.69) is 31.0 Å². The minimum atomic E-state index is 0.992. The molecule has 0 amide bonds. The summed E-state index contributed by atoms with van der Waals surface area (Å²) in [5, 5.41) is 3.27. The van der Waals surface area contributed by atoms with Crippen molar-refractivity contribution in [1.29, 1.82) is 0 Å². The molecule has 0 aromatic carbocycles. The van der Waals surface area contributed by atoms with E-state index in [4.69, 9.17) is 0 Å². The summed E-state index contributed by atoms with van der Waals surface area (Å²) < 4.78 is 0. The van der Waals surface area contributed by atoms with E-state index >= 15 is 0 Å². The Kier molecular flexibility index (Phi) is 6.39. The van der Waals surface area contributed by atoms with Crippen LogP contribution in [0.15, 0.2) is 36.0 Å². The Balaban J connectivity index is 0.000000561. The van der Waals surface area contributed by atoms with Crippen LogP contribution in [0, 0.1) is 0 Å². The summed E-state index contributed by atoms with van der Waals surface area (Å²) in [6.07, 6.45) is 6.05. The van der Waals surface area contributed by atoms with Crippen molar-refractivity contribution in [2.45, 2.75) is 20.8 Å². The van der Waals surface area contributed by atoms with Gasteiger partial charge in [-0.25, -0.2) is 0 Å². The summed E-state index contributed by atoms with van der Waals surface area (Å²) in [7, 11) is 0. The Bertz CT molecular complexity index is 187. The lowest BCUT2D eigenvalue weighted by molar-refractivity contribution is 0.894. The zero-order valence-corrected chi connectivity index (χ0v) is 8.35. The van der Waals surface area contributed by atoms with Crippen LogP contribution in [0.4, 0.5) is 0 Å². The van der Waals surface area contributed by atoms with Crippen LogP contribution in [0.3, 0.4) is 0 Å². The van der Waals surface area contributed by atoms with Crippen LogP contribution in [0.2, 0.25) is 0 Å². The Labute approximate surface area is 75.9 Å². The van der Waals surface area contributed by atoms with Gasteiger partial charge in [-0.2, -0.15) is 0 Å². The van der Waals surface area contributed by atoms with Gasteiger partial charge in [-0.15, -0.1) is 0 Å². The van der Waals surface area contributed by atoms with Gasteiger partial charge >= 0.3 is 0 Å². The van der Waals surface area contributed by atoms with E-state index in [0.29, 0.717) is 0 Å². The molecule has 0 aliphatic carbocycles.